The van der Waals surface area contributed by atoms with Gasteiger partial charge in [0.1, 0.15) is 27.0 Å². The molecule has 10 heterocycles. The van der Waals surface area contributed by atoms with Crippen LogP contribution < -0.4 is 19.7 Å². The molecule has 1 saturated heterocycles. The number of allylic oxidation sites excluding steroid dienone is 1. The summed E-state index contributed by atoms with van der Waals surface area (Å²) in [5.74, 6) is 6.96. The van der Waals surface area contributed by atoms with Gasteiger partial charge in [0.05, 0.1) is 54.5 Å². The Morgan fingerprint density at radius 2 is 1.27 bits per heavy atom. The summed E-state index contributed by atoms with van der Waals surface area (Å²) in [7, 11) is 6.71. The summed E-state index contributed by atoms with van der Waals surface area (Å²) in [6, 6.07) is 18.0. The van der Waals surface area contributed by atoms with Crippen molar-refractivity contribution in [3.63, 3.8) is 0 Å². The van der Waals surface area contributed by atoms with Crippen molar-refractivity contribution in [1.82, 2.24) is 79.4 Å². The topological polar surface area (TPSA) is 241 Å². The number of pyridine rings is 1. The minimum Gasteiger partial charge on any atom is -0.403 e. The molecule has 9 aromatic rings. The van der Waals surface area contributed by atoms with Crippen LogP contribution in [-0.2, 0) is 78.6 Å². The number of tetrazole rings is 2. The SMILES string of the molecule is C=C(CC(C)CC)c1ccc(Br)cn1.CC(C)(C)B1OC(C)(C)C(C)(C)O1.CCC(C)CC(=O)N(C)OC.CCC(C)Cc1nnn2c[c-]cc[n+]12.CC[C@H](C)Cc1nnn2cc(-c3ccnc(Nc4ccnn4C)n3)cc[n+]12.Cn1nccc1Nc1nccc(Cl)n1.[Y]. The number of nitrogens with zero attached hydrogens (tertiary/aromatic N) is 18. The van der Waals surface area contributed by atoms with Gasteiger partial charge in [-0.3, -0.25) is 24.0 Å². The Hall–Kier alpha value is -6.54. The van der Waals surface area contributed by atoms with Gasteiger partial charge in [-0.1, -0.05) is 131 Å². The van der Waals surface area contributed by atoms with Crippen molar-refractivity contribution >= 4 is 69.7 Å². The molecule has 2 N–H and O–H groups in total. The van der Waals surface area contributed by atoms with E-state index >= 15 is 0 Å². The van der Waals surface area contributed by atoms with Crippen LogP contribution in [0.5, 0.6) is 0 Å². The van der Waals surface area contributed by atoms with E-state index < -0.39 is 0 Å². The third-order valence-corrected chi connectivity index (χ3v) is 16.6. The van der Waals surface area contributed by atoms with E-state index in [1.54, 1.807) is 62.7 Å². The van der Waals surface area contributed by atoms with Crippen LogP contribution in [0.1, 0.15) is 160 Å². The van der Waals surface area contributed by atoms with Crippen molar-refractivity contribution in [2.45, 2.75) is 172 Å². The van der Waals surface area contributed by atoms with Gasteiger partial charge in [0.15, 0.2) is 10.4 Å². The fourth-order valence-corrected chi connectivity index (χ4v) is 8.66. The van der Waals surface area contributed by atoms with Crippen molar-refractivity contribution < 1.29 is 60.7 Å². The molecular weight excluding hydrogens is 1350 g/mol. The summed E-state index contributed by atoms with van der Waals surface area (Å²) < 4.78 is 23.6. The quantitative estimate of drug-likeness (QED) is 0.0251. The maximum absolute atomic E-state index is 11.1. The molecule has 1 radical (unpaired) electrons. The van der Waals surface area contributed by atoms with Crippen LogP contribution in [0.4, 0.5) is 23.5 Å². The molecule has 28 heteroatoms. The molecule has 94 heavy (non-hydrogen) atoms. The number of hydrogen-bond donors (Lipinski definition) is 2. The maximum atomic E-state index is 11.1. The standard InChI is InChI=1S/C18H22N9.C12H16BrN.C10H21BO2.C10H14N4.C8H8ClN5.C8H17NO2.Y/c1-4-13(2)11-17-23-24-27-12-14(7-10-26(17)27)15-5-8-19-18(21-15)22-16-6-9-20-25(16)3;1-4-9(2)7-10(3)12-6-5-11(13)8-14-12;1-8(2,3)11-12-9(4,5)10(6,7)13-11;1-3-9(2)8-10-11-12-14-7-5-4-6-13(10)14;1-14-7(3-5-11-14)13-8-10-4-2-6(9)12-8;1-5-7(2)6-8(10)9(3)11-4;/h5-10,12-13H,4,11H2,1-3H3,(H,19,21,22);5-6,8-9H,3-4,7H2,1-2H3;1-7H3;4,6-7,9H,3,8H2,1-2H3;2-5H,1H3,(H,10,12,13);7H,5-6H2,1-4H3;/q+1;;;;;;/t13-;;;;;;/m0....../s1. The van der Waals surface area contributed by atoms with Gasteiger partial charge in [-0.25, -0.2) is 35.6 Å². The summed E-state index contributed by atoms with van der Waals surface area (Å²) >= 11 is 9.08. The van der Waals surface area contributed by atoms with E-state index in [1.165, 1.54) is 25.0 Å². The van der Waals surface area contributed by atoms with Gasteiger partial charge in [0.2, 0.25) is 17.8 Å². The fourth-order valence-electron chi connectivity index (χ4n) is 8.29. The number of aryl methyl sites for hydroxylation is 2. The summed E-state index contributed by atoms with van der Waals surface area (Å²) in [5.41, 5.74) is 3.47. The van der Waals surface area contributed by atoms with Crippen molar-refractivity contribution in [1.29, 1.82) is 0 Å². The Morgan fingerprint density at radius 3 is 1.74 bits per heavy atom. The van der Waals surface area contributed by atoms with Crippen LogP contribution in [-0.4, -0.2) is 118 Å². The monoisotopic (exact) mass is 1450 g/mol. The summed E-state index contributed by atoms with van der Waals surface area (Å²) in [4.78, 5) is 37.1. The van der Waals surface area contributed by atoms with E-state index in [0.29, 0.717) is 47.1 Å². The molecule has 10 rings (SSSR count). The Morgan fingerprint density at radius 1 is 0.745 bits per heavy atom. The van der Waals surface area contributed by atoms with Gasteiger partial charge >= 0.3 is 12.9 Å². The molecule has 0 aliphatic carbocycles. The largest absolute Gasteiger partial charge is 0.463 e. The molecule has 0 spiro atoms. The number of amides is 1. The van der Waals surface area contributed by atoms with E-state index in [4.69, 9.17) is 25.7 Å². The fraction of sp³-hybridized carbons (Fsp3) is 0.515. The Kier molecular flexibility index (Phi) is 32.5. The normalized spacial score (nSPS) is 14.1. The van der Waals surface area contributed by atoms with E-state index in [2.05, 4.69) is 199 Å². The average molecular weight is 1450 g/mol. The second-order valence-electron chi connectivity index (χ2n) is 25.3. The average Bonchev–Trinajstić information content (AvgIpc) is 1.62. The number of carbonyl (C=O) groups excluding carboxylic acids is 1. The van der Waals surface area contributed by atoms with Gasteiger partial charge in [0.25, 0.3) is 5.82 Å². The molecular formula is C66H98BBrClN20O4Y+. The summed E-state index contributed by atoms with van der Waals surface area (Å²) in [5, 5.41) is 32.7. The smallest absolute Gasteiger partial charge is 0.403 e. The predicted molar refractivity (Wildman–Crippen MR) is 368 cm³/mol. The molecule has 9 aromatic heterocycles. The zero-order valence-corrected chi connectivity index (χ0v) is 63.8. The Bertz CT molecular complexity index is 3710. The maximum Gasteiger partial charge on any atom is 0.463 e. The Labute approximate surface area is 595 Å². The third kappa shape index (κ3) is 24.9. The number of carbonyl (C=O) groups is 1. The minimum atomic E-state index is -0.203. The second kappa shape index (κ2) is 38.3. The molecule has 24 nitrogen and oxygen atoms in total. The number of hydrogen-bond acceptors (Lipinski definition) is 17. The predicted octanol–water partition coefficient (Wildman–Crippen LogP) is 12.8. The van der Waals surface area contributed by atoms with Crippen LogP contribution in [0.25, 0.3) is 16.8 Å². The molecule has 3 unspecified atom stereocenters. The van der Waals surface area contributed by atoms with Crippen LogP contribution in [0, 0.1) is 29.7 Å². The molecule has 4 atom stereocenters. The third-order valence-electron chi connectivity index (χ3n) is 16.0. The first-order valence-electron chi connectivity index (χ1n) is 31.7. The first-order chi connectivity index (χ1) is 44.0. The summed E-state index contributed by atoms with van der Waals surface area (Å²) in [6.45, 7) is 36.2. The van der Waals surface area contributed by atoms with E-state index in [1.807, 2.05) is 90.4 Å². The van der Waals surface area contributed by atoms with Crippen molar-refractivity contribution in [3.05, 3.63) is 144 Å². The van der Waals surface area contributed by atoms with E-state index in [9.17, 15) is 4.79 Å². The van der Waals surface area contributed by atoms with E-state index in [0.717, 1.165) is 82.4 Å². The van der Waals surface area contributed by atoms with Gasteiger partial charge in [0, 0.05) is 114 Å². The molecule has 1 aliphatic rings. The van der Waals surface area contributed by atoms with Gasteiger partial charge in [-0.15, -0.1) is 4.52 Å². The number of nitrogens with one attached hydrogen (secondary N) is 2. The molecule has 0 aromatic carbocycles. The number of aromatic nitrogens is 17. The molecule has 1 fully saturated rings. The first-order valence-corrected chi connectivity index (χ1v) is 32.8. The summed E-state index contributed by atoms with van der Waals surface area (Å²) in [6.07, 6.45) is 24.1. The Balaban J connectivity index is 0.000000248. The number of anilines is 4. The van der Waals surface area contributed by atoms with Crippen LogP contribution >= 0.6 is 27.5 Å². The zero-order chi connectivity index (χ0) is 68.6. The van der Waals surface area contributed by atoms with Crippen molar-refractivity contribution in [3.8, 4) is 11.3 Å². The van der Waals surface area contributed by atoms with Crippen LogP contribution in [0.15, 0.2) is 115 Å². The number of hydroxylamine groups is 2. The zero-order valence-electron chi connectivity index (χ0n) is 58.6. The van der Waals surface area contributed by atoms with Gasteiger partial charge in [-0.2, -0.15) is 16.3 Å². The second-order valence-corrected chi connectivity index (χ2v) is 26.6. The van der Waals surface area contributed by atoms with Crippen LogP contribution in [0.2, 0.25) is 10.5 Å². The molecule has 505 valence electrons. The van der Waals surface area contributed by atoms with Crippen molar-refractivity contribution in [2.24, 2.45) is 37.8 Å². The molecule has 1 aliphatic heterocycles. The minimum absolute atomic E-state index is 0. The van der Waals surface area contributed by atoms with E-state index in [-0.39, 0.29) is 62.3 Å². The number of halogens is 2. The van der Waals surface area contributed by atoms with Gasteiger partial charge < -0.3 is 19.9 Å². The molecule has 1 amide bonds. The first kappa shape index (κ1) is 79.9. The number of fused-ring (bicyclic) bond motifs is 2. The van der Waals surface area contributed by atoms with Crippen LogP contribution in [0.3, 0.4) is 0 Å². The molecule has 0 saturated carbocycles. The van der Waals surface area contributed by atoms with Crippen molar-refractivity contribution in [2.75, 3.05) is 24.8 Å². The van der Waals surface area contributed by atoms with Gasteiger partial charge in [-0.05, 0) is 126 Å². The molecule has 0 bridgehead atoms. The number of rotatable bonds is 19.